The quantitative estimate of drug-likeness (QED) is 0.646. The van der Waals surface area contributed by atoms with E-state index in [9.17, 15) is 18.0 Å². The summed E-state index contributed by atoms with van der Waals surface area (Å²) in [4.78, 5) is 25.1. The van der Waals surface area contributed by atoms with Crippen LogP contribution < -0.4 is 10.6 Å². The van der Waals surface area contributed by atoms with Crippen molar-refractivity contribution in [3.05, 3.63) is 46.9 Å². The molecule has 148 valence electrons. The Morgan fingerprint density at radius 1 is 1.25 bits per heavy atom. The van der Waals surface area contributed by atoms with E-state index in [1.807, 2.05) is 13.0 Å². The average molecular weight is 483 g/mol. The molecule has 2 N–H and O–H groups in total. The van der Waals surface area contributed by atoms with Crippen LogP contribution >= 0.6 is 27.7 Å². The van der Waals surface area contributed by atoms with Crippen molar-refractivity contribution in [2.45, 2.75) is 34.8 Å². The SMILES string of the molecule is CCC1Sc2ccc(S(=O)(=O)CCC(=O)Nc3ccccc3Br)cc2NC1=O. The fourth-order valence-corrected chi connectivity index (χ4v) is 5.38. The van der Waals surface area contributed by atoms with Crippen LogP contribution in [-0.4, -0.2) is 31.2 Å². The molecule has 0 saturated heterocycles. The van der Waals surface area contributed by atoms with Crippen LogP contribution in [0.5, 0.6) is 0 Å². The summed E-state index contributed by atoms with van der Waals surface area (Å²) in [6.07, 6.45) is 0.530. The van der Waals surface area contributed by atoms with E-state index < -0.39 is 9.84 Å². The monoisotopic (exact) mass is 482 g/mol. The second kappa shape index (κ2) is 8.67. The van der Waals surface area contributed by atoms with Gasteiger partial charge in [0.2, 0.25) is 11.8 Å². The Morgan fingerprint density at radius 3 is 2.71 bits per heavy atom. The zero-order valence-electron chi connectivity index (χ0n) is 15.1. The van der Waals surface area contributed by atoms with Gasteiger partial charge in [0, 0.05) is 15.8 Å². The number of hydrogen-bond acceptors (Lipinski definition) is 5. The number of rotatable bonds is 6. The number of benzene rings is 2. The zero-order chi connectivity index (χ0) is 20.3. The number of hydrogen-bond donors (Lipinski definition) is 2. The van der Waals surface area contributed by atoms with E-state index in [1.165, 1.54) is 23.9 Å². The van der Waals surface area contributed by atoms with Crippen molar-refractivity contribution >= 4 is 60.7 Å². The van der Waals surface area contributed by atoms with Gasteiger partial charge in [-0.1, -0.05) is 19.1 Å². The average Bonchev–Trinajstić information content (AvgIpc) is 2.67. The maximum atomic E-state index is 12.6. The molecule has 0 aliphatic carbocycles. The summed E-state index contributed by atoms with van der Waals surface area (Å²) in [6, 6.07) is 11.8. The number of thioether (sulfide) groups is 1. The smallest absolute Gasteiger partial charge is 0.237 e. The van der Waals surface area contributed by atoms with Crippen LogP contribution in [0.25, 0.3) is 0 Å². The first kappa shape index (κ1) is 20.9. The predicted octanol–water partition coefficient (Wildman–Crippen LogP) is 4.07. The highest BCUT2D eigenvalue weighted by Crippen LogP contribution is 2.38. The standard InChI is InChI=1S/C19H19BrN2O4S2/c1-2-16-19(24)22-15-11-12(7-8-17(15)27-16)28(25,26)10-9-18(23)21-14-6-4-3-5-13(14)20/h3-8,11,16H,2,9-10H2,1H3,(H,21,23)(H,22,24). The first-order chi connectivity index (χ1) is 13.3. The van der Waals surface area contributed by atoms with Crippen LogP contribution in [0.2, 0.25) is 0 Å². The Labute approximate surface area is 176 Å². The summed E-state index contributed by atoms with van der Waals surface area (Å²) >= 11 is 4.76. The summed E-state index contributed by atoms with van der Waals surface area (Å²) in [7, 11) is -3.66. The van der Waals surface area contributed by atoms with Gasteiger partial charge in [0.15, 0.2) is 9.84 Å². The van der Waals surface area contributed by atoms with E-state index in [0.717, 1.165) is 9.37 Å². The number of carbonyl (C=O) groups is 2. The van der Waals surface area contributed by atoms with Crippen molar-refractivity contribution in [2.75, 3.05) is 16.4 Å². The Balaban J connectivity index is 1.68. The number of carbonyl (C=O) groups excluding carboxylic acids is 2. The number of amides is 2. The Bertz CT molecular complexity index is 1020. The van der Waals surface area contributed by atoms with Crippen LogP contribution in [0.4, 0.5) is 11.4 Å². The Hall–Kier alpha value is -1.84. The highest BCUT2D eigenvalue weighted by molar-refractivity contribution is 9.10. The van der Waals surface area contributed by atoms with E-state index in [2.05, 4.69) is 26.6 Å². The molecule has 2 aromatic rings. The van der Waals surface area contributed by atoms with Crippen molar-refractivity contribution in [1.29, 1.82) is 0 Å². The largest absolute Gasteiger partial charge is 0.325 e. The summed E-state index contributed by atoms with van der Waals surface area (Å²) in [5.74, 6) is -0.828. The molecule has 3 rings (SSSR count). The molecule has 2 aromatic carbocycles. The lowest BCUT2D eigenvalue weighted by molar-refractivity contribution is -0.116. The van der Waals surface area contributed by atoms with Gasteiger partial charge in [0.1, 0.15) is 0 Å². The van der Waals surface area contributed by atoms with Crippen molar-refractivity contribution in [2.24, 2.45) is 0 Å². The van der Waals surface area contributed by atoms with E-state index in [0.29, 0.717) is 17.8 Å². The molecule has 1 heterocycles. The fourth-order valence-electron chi connectivity index (χ4n) is 2.71. The normalized spacial score (nSPS) is 16.2. The maximum Gasteiger partial charge on any atom is 0.237 e. The molecule has 1 atom stereocenters. The summed E-state index contributed by atoms with van der Waals surface area (Å²) in [5.41, 5.74) is 1.09. The fraction of sp³-hybridized carbons (Fsp3) is 0.263. The number of para-hydroxylation sites is 1. The van der Waals surface area contributed by atoms with Crippen molar-refractivity contribution in [3.63, 3.8) is 0 Å². The molecule has 28 heavy (non-hydrogen) atoms. The van der Waals surface area contributed by atoms with Crippen LogP contribution in [0.1, 0.15) is 19.8 Å². The van der Waals surface area contributed by atoms with Gasteiger partial charge in [-0.15, -0.1) is 11.8 Å². The van der Waals surface area contributed by atoms with Crippen LogP contribution in [0.3, 0.4) is 0 Å². The molecule has 0 fully saturated rings. The highest BCUT2D eigenvalue weighted by atomic mass is 79.9. The molecule has 0 saturated carbocycles. The zero-order valence-corrected chi connectivity index (χ0v) is 18.3. The molecule has 0 aromatic heterocycles. The summed E-state index contributed by atoms with van der Waals surface area (Å²) < 4.78 is 26.0. The molecule has 9 heteroatoms. The van der Waals surface area contributed by atoms with Gasteiger partial charge in [0.25, 0.3) is 0 Å². The van der Waals surface area contributed by atoms with E-state index >= 15 is 0 Å². The second-order valence-electron chi connectivity index (χ2n) is 6.26. The Kier molecular flexibility index (Phi) is 6.47. The van der Waals surface area contributed by atoms with Gasteiger partial charge >= 0.3 is 0 Å². The predicted molar refractivity (Wildman–Crippen MR) is 114 cm³/mol. The third-order valence-corrected chi connectivity index (χ3v) is 8.09. The molecule has 1 aliphatic heterocycles. The van der Waals surface area contributed by atoms with Gasteiger partial charge in [0.05, 0.1) is 27.3 Å². The third-order valence-electron chi connectivity index (χ3n) is 4.25. The summed E-state index contributed by atoms with van der Waals surface area (Å²) in [6.45, 7) is 1.93. The van der Waals surface area contributed by atoms with Crippen LogP contribution in [0, 0.1) is 0 Å². The van der Waals surface area contributed by atoms with Crippen molar-refractivity contribution in [3.8, 4) is 0 Å². The minimum atomic E-state index is -3.66. The van der Waals surface area contributed by atoms with E-state index in [-0.39, 0.29) is 34.1 Å². The van der Waals surface area contributed by atoms with Gasteiger partial charge in [-0.05, 0) is 52.7 Å². The molecular weight excluding hydrogens is 464 g/mol. The first-order valence-corrected chi connectivity index (χ1v) is 12.0. The van der Waals surface area contributed by atoms with E-state index in [1.54, 1.807) is 24.3 Å². The van der Waals surface area contributed by atoms with Gasteiger partial charge in [-0.3, -0.25) is 9.59 Å². The molecule has 1 aliphatic rings. The topological polar surface area (TPSA) is 92.3 Å². The summed E-state index contributed by atoms with van der Waals surface area (Å²) in [5, 5.41) is 5.29. The van der Waals surface area contributed by atoms with E-state index in [4.69, 9.17) is 0 Å². The van der Waals surface area contributed by atoms with Crippen LogP contribution in [0.15, 0.2) is 56.7 Å². The first-order valence-electron chi connectivity index (χ1n) is 8.69. The number of fused-ring (bicyclic) bond motifs is 1. The maximum absolute atomic E-state index is 12.6. The number of nitrogens with one attached hydrogen (secondary N) is 2. The number of anilines is 2. The molecule has 2 amide bonds. The van der Waals surface area contributed by atoms with Crippen LogP contribution in [-0.2, 0) is 19.4 Å². The minimum absolute atomic E-state index is 0.0933. The molecule has 6 nitrogen and oxygen atoms in total. The Morgan fingerprint density at radius 2 is 2.00 bits per heavy atom. The van der Waals surface area contributed by atoms with Crippen molar-refractivity contribution in [1.82, 2.24) is 0 Å². The van der Waals surface area contributed by atoms with Crippen molar-refractivity contribution < 1.29 is 18.0 Å². The minimum Gasteiger partial charge on any atom is -0.325 e. The molecule has 0 bridgehead atoms. The highest BCUT2D eigenvalue weighted by Gasteiger charge is 2.27. The number of halogens is 1. The van der Waals surface area contributed by atoms with Gasteiger partial charge in [-0.25, -0.2) is 8.42 Å². The lowest BCUT2D eigenvalue weighted by atomic mass is 10.2. The molecule has 0 spiro atoms. The second-order valence-corrected chi connectivity index (χ2v) is 10.5. The third kappa shape index (κ3) is 4.76. The lowest BCUT2D eigenvalue weighted by Gasteiger charge is -2.23. The van der Waals surface area contributed by atoms with Gasteiger partial charge in [-0.2, -0.15) is 0 Å². The molecular formula is C19H19BrN2O4S2. The lowest BCUT2D eigenvalue weighted by Crippen LogP contribution is -2.28. The molecule has 1 unspecified atom stereocenters. The number of sulfone groups is 1. The molecule has 0 radical (unpaired) electrons. The van der Waals surface area contributed by atoms with Gasteiger partial charge < -0.3 is 10.6 Å².